The maximum Gasteiger partial charge on any atom is 0.0298 e. The summed E-state index contributed by atoms with van der Waals surface area (Å²) < 4.78 is 0. The molecule has 0 saturated carbocycles. The van der Waals surface area contributed by atoms with Crippen LogP contribution in [0.5, 0.6) is 0 Å². The van der Waals surface area contributed by atoms with Crippen LogP contribution in [0.3, 0.4) is 0 Å². The van der Waals surface area contributed by atoms with Crippen LogP contribution in [0.4, 0.5) is 0 Å². The van der Waals surface area contributed by atoms with Gasteiger partial charge in [0.1, 0.15) is 0 Å². The number of benzene rings is 1. The van der Waals surface area contributed by atoms with E-state index < -0.39 is 0 Å². The minimum absolute atomic E-state index is 1.11. The van der Waals surface area contributed by atoms with Crippen LogP contribution < -0.4 is 0 Å². The first kappa shape index (κ1) is 10.7. The van der Waals surface area contributed by atoms with Crippen LogP contribution in [-0.2, 0) is 13.0 Å². The quantitative estimate of drug-likeness (QED) is 0.676. The van der Waals surface area contributed by atoms with E-state index in [2.05, 4.69) is 42.6 Å². The molecule has 1 aromatic rings. The van der Waals surface area contributed by atoms with E-state index in [9.17, 15) is 0 Å². The van der Waals surface area contributed by atoms with E-state index >= 15 is 0 Å². The lowest BCUT2D eigenvalue weighted by molar-refractivity contribution is 0.300. The molecule has 0 unspecified atom stereocenters. The molecule has 0 saturated heterocycles. The maximum atomic E-state index is 2.47. The standard InChI is InChI=1S/C14H20N/c1-2-3-6-10-15-11-9-13-7-4-5-8-14(13)12-15/h4-5,7-8,11H,2-3,6,9-10,12H2,1H3. The van der Waals surface area contributed by atoms with Gasteiger partial charge in [-0.1, -0.05) is 44.0 Å². The van der Waals surface area contributed by atoms with Gasteiger partial charge in [0.2, 0.25) is 0 Å². The van der Waals surface area contributed by atoms with Crippen molar-refractivity contribution in [3.05, 3.63) is 41.9 Å². The van der Waals surface area contributed by atoms with Crippen molar-refractivity contribution < 1.29 is 0 Å². The van der Waals surface area contributed by atoms with Crippen LogP contribution in [0.2, 0.25) is 0 Å². The summed E-state index contributed by atoms with van der Waals surface area (Å²) in [5.41, 5.74) is 3.01. The lowest BCUT2D eigenvalue weighted by Crippen LogP contribution is -2.27. The fourth-order valence-corrected chi connectivity index (χ4v) is 2.16. The first-order valence-corrected chi connectivity index (χ1v) is 6.04. The van der Waals surface area contributed by atoms with E-state index in [1.165, 1.54) is 36.9 Å². The van der Waals surface area contributed by atoms with Crippen molar-refractivity contribution in [2.75, 3.05) is 6.54 Å². The molecule has 0 fully saturated rings. The number of unbranched alkanes of at least 4 members (excludes halogenated alkanes) is 2. The third-order valence-corrected chi connectivity index (χ3v) is 3.11. The fourth-order valence-electron chi connectivity index (χ4n) is 2.16. The van der Waals surface area contributed by atoms with Crippen LogP contribution >= 0.6 is 0 Å². The molecule has 1 nitrogen and oxygen atoms in total. The molecule has 1 heteroatoms. The van der Waals surface area contributed by atoms with E-state index in [-0.39, 0.29) is 0 Å². The summed E-state index contributed by atoms with van der Waals surface area (Å²) in [7, 11) is 0. The Kier molecular flexibility index (Phi) is 3.79. The zero-order valence-corrected chi connectivity index (χ0v) is 9.58. The lowest BCUT2D eigenvalue weighted by Gasteiger charge is -2.28. The van der Waals surface area contributed by atoms with Gasteiger partial charge in [-0.15, -0.1) is 0 Å². The third kappa shape index (κ3) is 2.82. The SMILES string of the molecule is CCCCCN1[CH]Cc2ccccc2C1. The van der Waals surface area contributed by atoms with Gasteiger partial charge in [0.25, 0.3) is 0 Å². The third-order valence-electron chi connectivity index (χ3n) is 3.11. The molecule has 0 aromatic heterocycles. The molecule has 1 radical (unpaired) electrons. The predicted molar refractivity (Wildman–Crippen MR) is 64.4 cm³/mol. The van der Waals surface area contributed by atoms with Gasteiger partial charge in [0.05, 0.1) is 0 Å². The minimum Gasteiger partial charge on any atom is -0.294 e. The molecule has 2 rings (SSSR count). The smallest absolute Gasteiger partial charge is 0.0298 e. The van der Waals surface area contributed by atoms with E-state index in [0.717, 1.165) is 13.0 Å². The normalized spacial score (nSPS) is 16.3. The fraction of sp³-hybridized carbons (Fsp3) is 0.500. The van der Waals surface area contributed by atoms with Crippen molar-refractivity contribution in [1.29, 1.82) is 0 Å². The highest BCUT2D eigenvalue weighted by atomic mass is 15.1. The van der Waals surface area contributed by atoms with Gasteiger partial charge in [-0.3, -0.25) is 4.90 Å². The number of rotatable bonds is 4. The van der Waals surface area contributed by atoms with Crippen LogP contribution in [-0.4, -0.2) is 11.4 Å². The zero-order valence-electron chi connectivity index (χ0n) is 9.58. The van der Waals surface area contributed by atoms with Gasteiger partial charge in [0, 0.05) is 13.1 Å². The Balaban J connectivity index is 1.88. The van der Waals surface area contributed by atoms with Gasteiger partial charge in [-0.2, -0.15) is 0 Å². The van der Waals surface area contributed by atoms with Crippen molar-refractivity contribution in [3.63, 3.8) is 0 Å². The van der Waals surface area contributed by atoms with Crippen LogP contribution in [0.15, 0.2) is 24.3 Å². The Morgan fingerprint density at radius 3 is 2.73 bits per heavy atom. The molecule has 0 atom stereocenters. The monoisotopic (exact) mass is 202 g/mol. The summed E-state index contributed by atoms with van der Waals surface area (Å²) >= 11 is 0. The Hall–Kier alpha value is -0.820. The molecule has 15 heavy (non-hydrogen) atoms. The summed E-state index contributed by atoms with van der Waals surface area (Å²) in [6.07, 6.45) is 5.11. The van der Waals surface area contributed by atoms with Crippen molar-refractivity contribution in [2.45, 2.75) is 39.2 Å². The van der Waals surface area contributed by atoms with Gasteiger partial charge >= 0.3 is 0 Å². The Morgan fingerprint density at radius 2 is 1.93 bits per heavy atom. The molecular formula is C14H20N. The largest absolute Gasteiger partial charge is 0.294 e. The molecule has 0 N–H and O–H groups in total. The molecule has 0 aliphatic carbocycles. The number of nitrogens with zero attached hydrogens (tertiary/aromatic N) is 1. The predicted octanol–water partition coefficient (Wildman–Crippen LogP) is 3.40. The van der Waals surface area contributed by atoms with Crippen molar-refractivity contribution in [3.8, 4) is 0 Å². The summed E-state index contributed by atoms with van der Waals surface area (Å²) in [6.45, 7) is 6.95. The highest BCUT2D eigenvalue weighted by Crippen LogP contribution is 2.20. The Morgan fingerprint density at radius 1 is 1.13 bits per heavy atom. The highest BCUT2D eigenvalue weighted by Gasteiger charge is 2.14. The van der Waals surface area contributed by atoms with Crippen LogP contribution in [0.1, 0.15) is 37.3 Å². The number of hydrogen-bond donors (Lipinski definition) is 0. The molecule has 1 aromatic carbocycles. The topological polar surface area (TPSA) is 3.24 Å². The molecule has 81 valence electrons. The van der Waals surface area contributed by atoms with Crippen LogP contribution in [0, 0.1) is 6.54 Å². The summed E-state index contributed by atoms with van der Waals surface area (Å²) in [6, 6.07) is 8.79. The van der Waals surface area contributed by atoms with Crippen LogP contribution in [0.25, 0.3) is 0 Å². The van der Waals surface area contributed by atoms with Crippen molar-refractivity contribution in [2.24, 2.45) is 0 Å². The number of fused-ring (bicyclic) bond motifs is 1. The average Bonchev–Trinajstić information content (AvgIpc) is 2.29. The lowest BCUT2D eigenvalue weighted by atomic mass is 10.00. The van der Waals surface area contributed by atoms with E-state index in [0.29, 0.717) is 0 Å². The van der Waals surface area contributed by atoms with E-state index in [1.54, 1.807) is 0 Å². The molecule has 1 aliphatic rings. The zero-order chi connectivity index (χ0) is 10.5. The molecule has 0 amide bonds. The van der Waals surface area contributed by atoms with Gasteiger partial charge in [0.15, 0.2) is 0 Å². The summed E-state index contributed by atoms with van der Waals surface area (Å²) in [4.78, 5) is 2.47. The summed E-state index contributed by atoms with van der Waals surface area (Å²) in [5, 5.41) is 0. The average molecular weight is 202 g/mol. The van der Waals surface area contributed by atoms with Crippen molar-refractivity contribution >= 4 is 0 Å². The maximum absolute atomic E-state index is 2.47. The van der Waals surface area contributed by atoms with Gasteiger partial charge in [-0.05, 0) is 30.5 Å². The molecule has 0 bridgehead atoms. The molecule has 0 spiro atoms. The summed E-state index contributed by atoms with van der Waals surface area (Å²) in [5.74, 6) is 0. The van der Waals surface area contributed by atoms with Gasteiger partial charge < -0.3 is 0 Å². The molecule has 1 heterocycles. The van der Waals surface area contributed by atoms with Gasteiger partial charge in [-0.25, -0.2) is 0 Å². The number of hydrogen-bond acceptors (Lipinski definition) is 1. The Bertz CT molecular complexity index is 306. The van der Waals surface area contributed by atoms with Crippen molar-refractivity contribution in [1.82, 2.24) is 4.90 Å². The van der Waals surface area contributed by atoms with E-state index in [1.807, 2.05) is 0 Å². The second-order valence-corrected chi connectivity index (χ2v) is 4.33. The highest BCUT2D eigenvalue weighted by molar-refractivity contribution is 5.30. The minimum atomic E-state index is 1.11. The molecule has 1 aliphatic heterocycles. The molecular weight excluding hydrogens is 182 g/mol. The first-order valence-electron chi connectivity index (χ1n) is 6.04. The van der Waals surface area contributed by atoms with E-state index in [4.69, 9.17) is 0 Å². The first-order chi connectivity index (χ1) is 7.40. The second-order valence-electron chi connectivity index (χ2n) is 4.33. The second kappa shape index (κ2) is 5.32. The Labute approximate surface area is 93.1 Å².